The second kappa shape index (κ2) is 8.27. The van der Waals surface area contributed by atoms with Crippen molar-refractivity contribution < 1.29 is 14.6 Å². The number of nitrogens with one attached hydrogen (secondary N) is 1. The molecule has 1 aromatic carbocycles. The quantitative estimate of drug-likeness (QED) is 0.804. The number of ether oxygens (including phenoxy) is 1. The fraction of sp³-hybridized carbons (Fsp3) is 0.667. The summed E-state index contributed by atoms with van der Waals surface area (Å²) in [5.74, 6) is 1.11. The fourth-order valence-corrected chi connectivity index (χ4v) is 4.13. The Morgan fingerprint density at radius 2 is 1.89 bits per heavy atom. The Balaban J connectivity index is 0.00000261. The summed E-state index contributed by atoms with van der Waals surface area (Å²) in [6, 6.07) is 0.221. The highest BCUT2D eigenvalue weighted by molar-refractivity contribution is 5.86. The molecule has 0 saturated carbocycles. The van der Waals surface area contributed by atoms with E-state index >= 15 is 0 Å². The van der Waals surface area contributed by atoms with Crippen molar-refractivity contribution in [2.75, 3.05) is 20.1 Å². The minimum Gasteiger partial charge on any atom is -0.507 e. The van der Waals surface area contributed by atoms with Crippen molar-refractivity contribution in [2.24, 2.45) is 0 Å². The smallest absolute Gasteiger partial charge is 0.264 e. The summed E-state index contributed by atoms with van der Waals surface area (Å²) in [7, 11) is 2.13. The van der Waals surface area contributed by atoms with E-state index in [1.807, 2.05) is 27.7 Å². The van der Waals surface area contributed by atoms with Crippen LogP contribution in [-0.4, -0.2) is 47.7 Å². The van der Waals surface area contributed by atoms with Crippen molar-refractivity contribution in [3.05, 3.63) is 22.3 Å². The van der Waals surface area contributed by atoms with Gasteiger partial charge < -0.3 is 20.1 Å². The molecule has 1 fully saturated rings. The average Bonchev–Trinajstić information content (AvgIpc) is 2.82. The molecule has 5 nitrogen and oxygen atoms in total. The van der Waals surface area contributed by atoms with Crippen LogP contribution < -0.4 is 10.1 Å². The molecular weight excluding hydrogens is 364 g/mol. The van der Waals surface area contributed by atoms with Gasteiger partial charge in [-0.1, -0.05) is 0 Å². The van der Waals surface area contributed by atoms with Gasteiger partial charge in [0.15, 0.2) is 5.60 Å². The van der Waals surface area contributed by atoms with Gasteiger partial charge in [-0.3, -0.25) is 4.79 Å². The zero-order chi connectivity index (χ0) is 19.1. The molecular formula is C21H33ClN2O3. The van der Waals surface area contributed by atoms with Crippen LogP contribution in [-0.2, 0) is 11.2 Å². The van der Waals surface area contributed by atoms with Crippen LogP contribution in [0.1, 0.15) is 54.9 Å². The number of hydrogen-bond acceptors (Lipinski definition) is 4. The third-order valence-corrected chi connectivity index (χ3v) is 6.29. The van der Waals surface area contributed by atoms with E-state index < -0.39 is 5.60 Å². The molecule has 1 saturated heterocycles. The van der Waals surface area contributed by atoms with E-state index in [4.69, 9.17) is 4.74 Å². The second-order valence-electron chi connectivity index (χ2n) is 8.27. The highest BCUT2D eigenvalue weighted by Gasteiger charge is 2.41. The molecule has 2 aliphatic heterocycles. The SMILES string of the molecule is Cc1c(C)c2c(c(C)c1O)CCC(C)(C(=O)NC1CCCN(C)CC1)O2.Cl. The van der Waals surface area contributed by atoms with Crippen LogP contribution >= 0.6 is 12.4 Å². The van der Waals surface area contributed by atoms with Gasteiger partial charge in [0.2, 0.25) is 0 Å². The van der Waals surface area contributed by atoms with E-state index in [9.17, 15) is 9.90 Å². The number of phenolic OH excluding ortho intramolecular Hbond substituents is 1. The zero-order valence-electron chi connectivity index (χ0n) is 17.1. The maximum absolute atomic E-state index is 13.0. The predicted octanol–water partition coefficient (Wildman–Crippen LogP) is 3.42. The molecule has 2 unspecified atom stereocenters. The lowest BCUT2D eigenvalue weighted by Crippen LogP contribution is -2.53. The maximum Gasteiger partial charge on any atom is 0.264 e. The van der Waals surface area contributed by atoms with E-state index in [0.29, 0.717) is 12.2 Å². The van der Waals surface area contributed by atoms with Crippen LogP contribution in [0.15, 0.2) is 0 Å². The van der Waals surface area contributed by atoms with Crippen LogP contribution in [0.2, 0.25) is 0 Å². The zero-order valence-corrected chi connectivity index (χ0v) is 18.0. The molecule has 2 aliphatic rings. The summed E-state index contributed by atoms with van der Waals surface area (Å²) in [6.07, 6.45) is 4.49. The first kappa shape index (κ1) is 21.8. The van der Waals surface area contributed by atoms with Gasteiger partial charge in [-0.15, -0.1) is 12.4 Å². The Labute approximate surface area is 168 Å². The van der Waals surface area contributed by atoms with Crippen LogP contribution in [0.25, 0.3) is 0 Å². The molecule has 2 N–H and O–H groups in total. The van der Waals surface area contributed by atoms with E-state index in [-0.39, 0.29) is 24.4 Å². The Morgan fingerprint density at radius 1 is 1.19 bits per heavy atom. The molecule has 1 amide bonds. The molecule has 0 aliphatic carbocycles. The third-order valence-electron chi connectivity index (χ3n) is 6.29. The summed E-state index contributed by atoms with van der Waals surface area (Å²) in [5.41, 5.74) is 2.81. The number of nitrogens with zero attached hydrogens (tertiary/aromatic N) is 1. The number of rotatable bonds is 2. The summed E-state index contributed by atoms with van der Waals surface area (Å²) in [4.78, 5) is 15.4. The van der Waals surface area contributed by atoms with Crippen molar-refractivity contribution in [2.45, 2.75) is 71.4 Å². The Morgan fingerprint density at radius 3 is 2.59 bits per heavy atom. The Hall–Kier alpha value is -1.46. The molecule has 1 aromatic rings. The Bertz CT molecular complexity index is 722. The number of amides is 1. The highest BCUT2D eigenvalue weighted by Crippen LogP contribution is 2.43. The minimum atomic E-state index is -0.855. The van der Waals surface area contributed by atoms with Crippen LogP contribution in [0.5, 0.6) is 11.5 Å². The number of aromatic hydroxyl groups is 1. The van der Waals surface area contributed by atoms with Gasteiger partial charge in [0.1, 0.15) is 11.5 Å². The van der Waals surface area contributed by atoms with Crippen LogP contribution in [0, 0.1) is 20.8 Å². The number of carbonyl (C=O) groups is 1. The maximum atomic E-state index is 13.0. The van der Waals surface area contributed by atoms with Crippen molar-refractivity contribution >= 4 is 18.3 Å². The molecule has 0 spiro atoms. The first-order valence-corrected chi connectivity index (χ1v) is 9.73. The normalized spacial score (nSPS) is 25.6. The summed E-state index contributed by atoms with van der Waals surface area (Å²) in [5, 5.41) is 13.5. The summed E-state index contributed by atoms with van der Waals surface area (Å²) >= 11 is 0. The predicted molar refractivity (Wildman–Crippen MR) is 110 cm³/mol. The van der Waals surface area contributed by atoms with E-state index in [2.05, 4.69) is 17.3 Å². The molecule has 6 heteroatoms. The monoisotopic (exact) mass is 396 g/mol. The molecule has 0 radical (unpaired) electrons. The molecule has 2 heterocycles. The van der Waals surface area contributed by atoms with Gasteiger partial charge >= 0.3 is 0 Å². The van der Waals surface area contributed by atoms with E-state index in [0.717, 1.165) is 66.8 Å². The number of fused-ring (bicyclic) bond motifs is 1. The highest BCUT2D eigenvalue weighted by atomic mass is 35.5. The lowest BCUT2D eigenvalue weighted by atomic mass is 9.86. The number of halogens is 1. The Kier molecular flexibility index (Phi) is 6.69. The van der Waals surface area contributed by atoms with Gasteiger partial charge in [0, 0.05) is 18.0 Å². The van der Waals surface area contributed by atoms with Crippen molar-refractivity contribution in [3.8, 4) is 11.5 Å². The summed E-state index contributed by atoms with van der Waals surface area (Å²) in [6.45, 7) is 9.78. The van der Waals surface area contributed by atoms with E-state index in [1.165, 1.54) is 0 Å². The number of benzene rings is 1. The van der Waals surface area contributed by atoms with Crippen molar-refractivity contribution in [1.29, 1.82) is 0 Å². The molecule has 0 bridgehead atoms. The average molecular weight is 397 g/mol. The van der Waals surface area contributed by atoms with Crippen LogP contribution in [0.3, 0.4) is 0 Å². The van der Waals surface area contributed by atoms with Gasteiger partial charge in [-0.2, -0.15) is 0 Å². The summed E-state index contributed by atoms with van der Waals surface area (Å²) < 4.78 is 6.29. The van der Waals surface area contributed by atoms with Crippen molar-refractivity contribution in [1.82, 2.24) is 10.2 Å². The van der Waals surface area contributed by atoms with Gasteiger partial charge in [0.05, 0.1) is 0 Å². The second-order valence-corrected chi connectivity index (χ2v) is 8.27. The lowest BCUT2D eigenvalue weighted by molar-refractivity contribution is -0.137. The molecule has 152 valence electrons. The number of hydrogen-bond donors (Lipinski definition) is 2. The van der Waals surface area contributed by atoms with Crippen LogP contribution in [0.4, 0.5) is 0 Å². The standard InChI is InChI=1S/C21H32N2O3.ClH/c1-13-14(2)19-17(15(3)18(13)24)8-10-21(4,26-19)20(25)22-16-7-6-11-23(5)12-9-16;/h16,24H,6-12H2,1-5H3,(H,22,25);1H. The largest absolute Gasteiger partial charge is 0.507 e. The first-order chi connectivity index (χ1) is 12.2. The number of likely N-dealkylation sites (tertiary alicyclic amines) is 1. The molecule has 0 aromatic heterocycles. The molecule has 27 heavy (non-hydrogen) atoms. The van der Waals surface area contributed by atoms with Gasteiger partial charge in [-0.05, 0) is 90.2 Å². The fourth-order valence-electron chi connectivity index (χ4n) is 4.13. The molecule has 2 atom stereocenters. The number of carbonyl (C=O) groups excluding carboxylic acids is 1. The molecule has 3 rings (SSSR count). The lowest BCUT2D eigenvalue weighted by Gasteiger charge is -2.37. The third kappa shape index (κ3) is 4.19. The van der Waals surface area contributed by atoms with Gasteiger partial charge in [-0.25, -0.2) is 0 Å². The van der Waals surface area contributed by atoms with Crippen molar-refractivity contribution in [3.63, 3.8) is 0 Å². The minimum absolute atomic E-state index is 0. The first-order valence-electron chi connectivity index (χ1n) is 9.73. The van der Waals surface area contributed by atoms with E-state index in [1.54, 1.807) is 0 Å². The number of phenols is 1. The topological polar surface area (TPSA) is 61.8 Å². The van der Waals surface area contributed by atoms with Gasteiger partial charge in [0.25, 0.3) is 5.91 Å².